The summed E-state index contributed by atoms with van der Waals surface area (Å²) < 4.78 is 20.0. The standard InChI is InChI=1S/C19H36N2O7/c1-15(2)19(24)16(21-18(23)14-28-12-10-26-4)7-5-6-8-20-17(22)13-27-11-9-25-3/h15-16H,5-14H2,1-4H3,(H,20,22)(H,21,23). The van der Waals surface area contributed by atoms with Gasteiger partial charge in [0.2, 0.25) is 11.8 Å². The third-order valence-corrected chi connectivity index (χ3v) is 3.82. The van der Waals surface area contributed by atoms with Gasteiger partial charge in [-0.05, 0) is 19.3 Å². The highest BCUT2D eigenvalue weighted by molar-refractivity contribution is 5.90. The summed E-state index contributed by atoms with van der Waals surface area (Å²) >= 11 is 0. The number of carbonyl (C=O) groups excluding carboxylic acids is 3. The highest BCUT2D eigenvalue weighted by Gasteiger charge is 2.22. The van der Waals surface area contributed by atoms with Crippen LogP contribution in [-0.2, 0) is 33.3 Å². The molecule has 0 aliphatic heterocycles. The normalized spacial score (nSPS) is 12.0. The fourth-order valence-corrected chi connectivity index (χ4v) is 2.29. The Morgan fingerprint density at radius 2 is 1.39 bits per heavy atom. The average molecular weight is 405 g/mol. The number of methoxy groups -OCH3 is 2. The van der Waals surface area contributed by atoms with Crippen molar-refractivity contribution in [1.82, 2.24) is 10.6 Å². The van der Waals surface area contributed by atoms with Crippen LogP contribution in [0.4, 0.5) is 0 Å². The molecule has 0 saturated heterocycles. The summed E-state index contributed by atoms with van der Waals surface area (Å²) in [5.74, 6) is -0.700. The molecule has 0 fully saturated rings. The molecule has 0 aromatic heterocycles. The van der Waals surface area contributed by atoms with Crippen molar-refractivity contribution in [3.05, 3.63) is 0 Å². The Labute approximate surface area is 167 Å². The Kier molecular flexibility index (Phi) is 16.6. The SMILES string of the molecule is COCCOCC(=O)NCCCCC(NC(=O)COCCOC)C(=O)C(C)C. The molecule has 164 valence electrons. The summed E-state index contributed by atoms with van der Waals surface area (Å²) in [7, 11) is 3.12. The number of carbonyl (C=O) groups is 3. The van der Waals surface area contributed by atoms with E-state index in [-0.39, 0.29) is 36.7 Å². The van der Waals surface area contributed by atoms with Crippen LogP contribution in [0, 0.1) is 5.92 Å². The van der Waals surface area contributed by atoms with Gasteiger partial charge in [-0.1, -0.05) is 13.8 Å². The smallest absolute Gasteiger partial charge is 0.246 e. The van der Waals surface area contributed by atoms with Gasteiger partial charge in [0.05, 0.1) is 32.5 Å². The number of amides is 2. The maximum atomic E-state index is 12.3. The van der Waals surface area contributed by atoms with Crippen LogP contribution in [0.1, 0.15) is 33.1 Å². The van der Waals surface area contributed by atoms with E-state index in [0.29, 0.717) is 52.2 Å². The largest absolute Gasteiger partial charge is 0.382 e. The second-order valence-electron chi connectivity index (χ2n) is 6.61. The zero-order valence-corrected chi connectivity index (χ0v) is 17.6. The minimum absolute atomic E-state index is 0.00303. The number of rotatable bonds is 18. The molecule has 0 aliphatic rings. The Balaban J connectivity index is 4.10. The van der Waals surface area contributed by atoms with Crippen molar-refractivity contribution in [3.8, 4) is 0 Å². The minimum Gasteiger partial charge on any atom is -0.382 e. The molecule has 0 rings (SSSR count). The summed E-state index contributed by atoms with van der Waals surface area (Å²) in [4.78, 5) is 35.9. The lowest BCUT2D eigenvalue weighted by Gasteiger charge is -2.19. The molecule has 0 aromatic carbocycles. The molecule has 0 radical (unpaired) electrons. The molecule has 28 heavy (non-hydrogen) atoms. The van der Waals surface area contributed by atoms with E-state index in [0.717, 1.165) is 0 Å². The predicted molar refractivity (Wildman–Crippen MR) is 104 cm³/mol. The van der Waals surface area contributed by atoms with Gasteiger partial charge in [-0.15, -0.1) is 0 Å². The number of hydrogen-bond donors (Lipinski definition) is 2. The van der Waals surface area contributed by atoms with Gasteiger partial charge in [0.25, 0.3) is 0 Å². The van der Waals surface area contributed by atoms with Crippen molar-refractivity contribution in [2.45, 2.75) is 39.2 Å². The van der Waals surface area contributed by atoms with Crippen LogP contribution in [0.5, 0.6) is 0 Å². The molecule has 9 heteroatoms. The summed E-state index contributed by atoms with van der Waals surface area (Å²) in [6.07, 6.45) is 1.91. The van der Waals surface area contributed by atoms with E-state index in [2.05, 4.69) is 10.6 Å². The number of ketones is 1. The molecule has 1 unspecified atom stereocenters. The van der Waals surface area contributed by atoms with Crippen LogP contribution < -0.4 is 10.6 Å². The Morgan fingerprint density at radius 1 is 0.821 bits per heavy atom. The second-order valence-corrected chi connectivity index (χ2v) is 6.61. The first-order chi connectivity index (χ1) is 13.4. The maximum absolute atomic E-state index is 12.3. The van der Waals surface area contributed by atoms with Crippen molar-refractivity contribution >= 4 is 17.6 Å². The summed E-state index contributed by atoms with van der Waals surface area (Å²) in [5, 5.41) is 5.50. The Morgan fingerprint density at radius 3 is 1.93 bits per heavy atom. The molecule has 0 bridgehead atoms. The molecular weight excluding hydrogens is 368 g/mol. The molecule has 0 spiro atoms. The lowest BCUT2D eigenvalue weighted by atomic mass is 9.97. The van der Waals surface area contributed by atoms with E-state index in [1.54, 1.807) is 28.1 Å². The first-order valence-corrected chi connectivity index (χ1v) is 9.65. The van der Waals surface area contributed by atoms with Crippen LogP contribution >= 0.6 is 0 Å². The van der Waals surface area contributed by atoms with Gasteiger partial charge >= 0.3 is 0 Å². The van der Waals surface area contributed by atoms with E-state index in [4.69, 9.17) is 18.9 Å². The van der Waals surface area contributed by atoms with Gasteiger partial charge in [-0.3, -0.25) is 14.4 Å². The van der Waals surface area contributed by atoms with Crippen molar-refractivity contribution in [3.63, 3.8) is 0 Å². The van der Waals surface area contributed by atoms with Crippen LogP contribution in [0.3, 0.4) is 0 Å². The summed E-state index contributed by atoms with van der Waals surface area (Å²) in [6.45, 7) is 5.54. The van der Waals surface area contributed by atoms with Gasteiger partial charge in [0.1, 0.15) is 13.2 Å². The molecule has 0 aromatic rings. The van der Waals surface area contributed by atoms with Crippen LogP contribution in [0.15, 0.2) is 0 Å². The molecule has 9 nitrogen and oxygen atoms in total. The third kappa shape index (κ3) is 14.5. The molecule has 2 amide bonds. The first kappa shape index (κ1) is 26.4. The van der Waals surface area contributed by atoms with Crippen molar-refractivity contribution in [1.29, 1.82) is 0 Å². The van der Waals surface area contributed by atoms with E-state index in [9.17, 15) is 14.4 Å². The predicted octanol–water partition coefficient (Wildman–Crippen LogP) is 0.309. The minimum atomic E-state index is -0.549. The van der Waals surface area contributed by atoms with Gasteiger partial charge in [0.15, 0.2) is 5.78 Å². The zero-order chi connectivity index (χ0) is 21.2. The number of unbranched alkanes of at least 4 members (excludes halogenated alkanes) is 1. The number of hydrogen-bond acceptors (Lipinski definition) is 7. The molecule has 0 saturated carbocycles. The monoisotopic (exact) mass is 404 g/mol. The number of ether oxygens (including phenoxy) is 4. The maximum Gasteiger partial charge on any atom is 0.246 e. The van der Waals surface area contributed by atoms with Crippen LogP contribution in [-0.4, -0.2) is 84.0 Å². The van der Waals surface area contributed by atoms with E-state index >= 15 is 0 Å². The van der Waals surface area contributed by atoms with Crippen molar-refractivity contribution < 1.29 is 33.3 Å². The summed E-state index contributed by atoms with van der Waals surface area (Å²) in [6, 6.07) is -0.549. The Hall–Kier alpha value is -1.55. The lowest BCUT2D eigenvalue weighted by molar-refractivity contribution is -0.132. The van der Waals surface area contributed by atoms with Crippen LogP contribution in [0.2, 0.25) is 0 Å². The molecule has 1 atom stereocenters. The molecule has 0 heterocycles. The van der Waals surface area contributed by atoms with E-state index in [1.165, 1.54) is 0 Å². The second kappa shape index (κ2) is 17.5. The highest BCUT2D eigenvalue weighted by atomic mass is 16.5. The quantitative estimate of drug-likeness (QED) is 0.316. The lowest BCUT2D eigenvalue weighted by Crippen LogP contribution is -2.44. The van der Waals surface area contributed by atoms with Gasteiger partial charge in [-0.2, -0.15) is 0 Å². The van der Waals surface area contributed by atoms with Crippen molar-refractivity contribution in [2.75, 3.05) is 60.4 Å². The van der Waals surface area contributed by atoms with Gasteiger partial charge in [-0.25, -0.2) is 0 Å². The molecule has 2 N–H and O–H groups in total. The fourth-order valence-electron chi connectivity index (χ4n) is 2.29. The topological polar surface area (TPSA) is 112 Å². The molecule has 0 aliphatic carbocycles. The first-order valence-electron chi connectivity index (χ1n) is 9.65. The highest BCUT2D eigenvalue weighted by Crippen LogP contribution is 2.08. The molecular formula is C19H36N2O7. The third-order valence-electron chi connectivity index (χ3n) is 3.82. The van der Waals surface area contributed by atoms with E-state index < -0.39 is 6.04 Å². The number of nitrogens with one attached hydrogen (secondary N) is 2. The van der Waals surface area contributed by atoms with E-state index in [1.807, 2.05) is 0 Å². The van der Waals surface area contributed by atoms with Gasteiger partial charge < -0.3 is 29.6 Å². The summed E-state index contributed by atoms with van der Waals surface area (Å²) in [5.41, 5.74) is 0. The number of Topliss-reactive ketones (excluding diaryl/α,β-unsaturated/α-hetero) is 1. The average Bonchev–Trinajstić information content (AvgIpc) is 2.66. The fraction of sp³-hybridized carbons (Fsp3) is 0.842. The Bertz CT molecular complexity index is 444. The van der Waals surface area contributed by atoms with Crippen LogP contribution in [0.25, 0.3) is 0 Å². The van der Waals surface area contributed by atoms with Crippen molar-refractivity contribution in [2.24, 2.45) is 5.92 Å². The van der Waals surface area contributed by atoms with Gasteiger partial charge in [0, 0.05) is 26.7 Å². The zero-order valence-electron chi connectivity index (χ0n) is 17.6.